The Bertz CT molecular complexity index is 1430. The lowest BCUT2D eigenvalue weighted by atomic mass is 9.94. The second-order valence-corrected chi connectivity index (χ2v) is 11.7. The molecule has 0 saturated carbocycles. The van der Waals surface area contributed by atoms with Gasteiger partial charge in [0.05, 0.1) is 49.1 Å². The highest BCUT2D eigenvalue weighted by Crippen LogP contribution is 2.29. The van der Waals surface area contributed by atoms with Crippen molar-refractivity contribution in [3.63, 3.8) is 0 Å². The number of halogens is 1. The van der Waals surface area contributed by atoms with Crippen LogP contribution in [0.3, 0.4) is 0 Å². The van der Waals surface area contributed by atoms with Gasteiger partial charge < -0.3 is 29.5 Å². The van der Waals surface area contributed by atoms with E-state index in [4.69, 9.17) is 14.5 Å². The van der Waals surface area contributed by atoms with Crippen LogP contribution in [-0.2, 0) is 9.47 Å². The Hall–Kier alpha value is -3.50. The number of piperazine rings is 1. The zero-order valence-corrected chi connectivity index (χ0v) is 23.4. The average Bonchev–Trinajstić information content (AvgIpc) is 3.38. The van der Waals surface area contributed by atoms with Crippen molar-refractivity contribution in [2.24, 2.45) is 0 Å². The quantitative estimate of drug-likeness (QED) is 0.492. The molecule has 4 aliphatic rings. The first-order valence-corrected chi connectivity index (χ1v) is 14.5. The fraction of sp³-hybridized carbons (Fsp3) is 0.552. The highest BCUT2D eigenvalue weighted by atomic mass is 19.1. The van der Waals surface area contributed by atoms with E-state index in [-0.39, 0.29) is 17.8 Å². The van der Waals surface area contributed by atoms with Crippen molar-refractivity contribution < 1.29 is 13.9 Å². The fourth-order valence-corrected chi connectivity index (χ4v) is 6.62. The second-order valence-electron chi connectivity index (χ2n) is 11.7. The molecule has 0 aliphatic carbocycles. The molecule has 7 heterocycles. The lowest BCUT2D eigenvalue weighted by Gasteiger charge is -2.49. The molecule has 216 valence electrons. The number of hydrogen-bond acceptors (Lipinski definition) is 10. The zero-order chi connectivity index (χ0) is 28.0. The summed E-state index contributed by atoms with van der Waals surface area (Å²) in [7, 11) is 0. The normalized spacial score (nSPS) is 25.0. The first-order valence-electron chi connectivity index (χ1n) is 14.5. The van der Waals surface area contributed by atoms with Gasteiger partial charge in [0.2, 0.25) is 0 Å². The molecule has 4 fully saturated rings. The predicted molar refractivity (Wildman–Crippen MR) is 153 cm³/mol. The minimum absolute atomic E-state index is 0.00297. The molecule has 1 N–H and O–H groups in total. The van der Waals surface area contributed by atoms with E-state index >= 15 is 0 Å². The molecular formula is C29H36FN9O2. The van der Waals surface area contributed by atoms with Crippen LogP contribution < -0.4 is 20.0 Å². The molecule has 0 radical (unpaired) electrons. The van der Waals surface area contributed by atoms with Crippen LogP contribution in [0.1, 0.15) is 12.6 Å². The Morgan fingerprint density at radius 3 is 2.63 bits per heavy atom. The monoisotopic (exact) mass is 561 g/mol. The molecule has 11 nitrogen and oxygen atoms in total. The summed E-state index contributed by atoms with van der Waals surface area (Å²) in [5, 5.41) is 16.8. The summed E-state index contributed by atoms with van der Waals surface area (Å²) in [4.78, 5) is 14.2. The molecule has 0 amide bonds. The van der Waals surface area contributed by atoms with Gasteiger partial charge in [-0.1, -0.05) is 0 Å². The highest BCUT2D eigenvalue weighted by molar-refractivity contribution is 5.74. The van der Waals surface area contributed by atoms with Gasteiger partial charge in [0, 0.05) is 65.4 Å². The Kier molecular flexibility index (Phi) is 6.90. The van der Waals surface area contributed by atoms with Crippen molar-refractivity contribution in [2.45, 2.75) is 24.7 Å². The molecule has 7 rings (SSSR count). The molecule has 3 aromatic rings. The lowest BCUT2D eigenvalue weighted by molar-refractivity contribution is -0.0883. The molecule has 4 saturated heterocycles. The molecule has 3 aromatic heterocycles. The Morgan fingerprint density at radius 1 is 1.05 bits per heavy atom. The summed E-state index contributed by atoms with van der Waals surface area (Å²) in [6.45, 7) is 12.2. The lowest BCUT2D eigenvalue weighted by Crippen LogP contribution is -2.69. The Balaban J connectivity index is 0.957. The number of rotatable bonds is 5. The molecule has 12 heteroatoms. The zero-order valence-electron chi connectivity index (χ0n) is 23.4. The fourth-order valence-electron chi connectivity index (χ4n) is 6.62. The topological polar surface area (TPSA) is 97.4 Å². The van der Waals surface area contributed by atoms with Gasteiger partial charge in [-0.3, -0.25) is 4.90 Å². The molecule has 41 heavy (non-hydrogen) atoms. The van der Waals surface area contributed by atoms with Gasteiger partial charge >= 0.3 is 0 Å². The van der Waals surface area contributed by atoms with Gasteiger partial charge in [0.25, 0.3) is 0 Å². The van der Waals surface area contributed by atoms with Crippen molar-refractivity contribution in [1.29, 1.82) is 5.26 Å². The molecule has 2 unspecified atom stereocenters. The van der Waals surface area contributed by atoms with Crippen LogP contribution in [0.15, 0.2) is 36.7 Å². The maximum Gasteiger partial charge on any atom is 0.171 e. The first kappa shape index (κ1) is 26.4. The van der Waals surface area contributed by atoms with Crippen molar-refractivity contribution in [3.8, 4) is 6.07 Å². The molecule has 0 bridgehead atoms. The summed E-state index contributed by atoms with van der Waals surface area (Å²) in [5.74, 6) is 0.599. The van der Waals surface area contributed by atoms with Gasteiger partial charge in [-0.15, -0.1) is 0 Å². The molecule has 1 spiro atoms. The van der Waals surface area contributed by atoms with Crippen LogP contribution >= 0.6 is 0 Å². The summed E-state index contributed by atoms with van der Waals surface area (Å²) in [6, 6.07) is 9.95. The number of morpholine rings is 2. The van der Waals surface area contributed by atoms with E-state index in [1.165, 1.54) is 10.7 Å². The van der Waals surface area contributed by atoms with Crippen LogP contribution in [0.5, 0.6) is 0 Å². The number of nitriles is 1. The van der Waals surface area contributed by atoms with E-state index in [1.807, 2.05) is 12.3 Å². The highest BCUT2D eigenvalue weighted by Gasteiger charge is 2.42. The summed E-state index contributed by atoms with van der Waals surface area (Å²) < 4.78 is 28.4. The Labute approximate surface area is 239 Å². The number of ether oxygens (including phenoxy) is 2. The summed E-state index contributed by atoms with van der Waals surface area (Å²) in [6.07, 6.45) is 3.18. The predicted octanol–water partition coefficient (Wildman–Crippen LogP) is 1.33. The Morgan fingerprint density at radius 2 is 1.90 bits per heavy atom. The second kappa shape index (κ2) is 10.7. The summed E-state index contributed by atoms with van der Waals surface area (Å²) in [5.41, 5.74) is 2.52. The van der Waals surface area contributed by atoms with Crippen LogP contribution in [-0.4, -0.2) is 116 Å². The minimum Gasteiger partial charge on any atom is -0.370 e. The van der Waals surface area contributed by atoms with Gasteiger partial charge in [0.1, 0.15) is 28.7 Å². The SMILES string of the molecule is CC1CN(c2ccc(C#N)n3ncc(F)c23)CC(CN2CCN(c3ccc(N4CCOC5(CNC5)C4)nc3)CC2)O1. The van der Waals surface area contributed by atoms with E-state index in [0.29, 0.717) is 24.3 Å². The molecule has 4 aliphatic heterocycles. The number of nitrogens with zero attached hydrogens (tertiary/aromatic N) is 8. The molecule has 2 atom stereocenters. The van der Waals surface area contributed by atoms with Crippen molar-refractivity contribution >= 4 is 22.7 Å². The largest absolute Gasteiger partial charge is 0.370 e. The van der Waals surface area contributed by atoms with Gasteiger partial charge in [-0.05, 0) is 31.2 Å². The number of aromatic nitrogens is 3. The van der Waals surface area contributed by atoms with Crippen LogP contribution in [0.2, 0.25) is 0 Å². The van der Waals surface area contributed by atoms with E-state index < -0.39 is 5.82 Å². The number of fused-ring (bicyclic) bond motifs is 1. The number of nitrogens with one attached hydrogen (secondary N) is 1. The maximum absolute atomic E-state index is 14.7. The third-order valence-electron chi connectivity index (χ3n) is 8.77. The van der Waals surface area contributed by atoms with Crippen LogP contribution in [0, 0.1) is 17.1 Å². The van der Waals surface area contributed by atoms with E-state index in [0.717, 1.165) is 82.7 Å². The molecule has 0 aromatic carbocycles. The van der Waals surface area contributed by atoms with Gasteiger partial charge in [-0.25, -0.2) is 13.9 Å². The average molecular weight is 562 g/mol. The van der Waals surface area contributed by atoms with Crippen LogP contribution in [0.25, 0.3) is 5.52 Å². The maximum atomic E-state index is 14.7. The van der Waals surface area contributed by atoms with Gasteiger partial charge in [-0.2, -0.15) is 10.4 Å². The van der Waals surface area contributed by atoms with Crippen LogP contribution in [0.4, 0.5) is 21.6 Å². The number of pyridine rings is 2. The first-order chi connectivity index (χ1) is 20.0. The standard InChI is InChI=1S/C29H36FN9O2/c1-21-15-38(26-4-2-22(12-31)39-28(26)25(30)14-34-39)17-24(41-21)16-35-6-8-36(9-7-35)23-3-5-27(33-13-23)37-10-11-40-29(20-37)18-32-19-29/h2-5,13-14,21,24,32H,6-11,15-20H2,1H3. The third kappa shape index (κ3) is 5.08. The van der Waals surface area contributed by atoms with E-state index in [2.05, 4.69) is 55.1 Å². The smallest absolute Gasteiger partial charge is 0.171 e. The number of hydrogen-bond donors (Lipinski definition) is 1. The van der Waals surface area contributed by atoms with Crippen molar-refractivity contribution in [3.05, 3.63) is 48.2 Å². The third-order valence-corrected chi connectivity index (χ3v) is 8.77. The number of anilines is 3. The van der Waals surface area contributed by atoms with Gasteiger partial charge in [0.15, 0.2) is 5.82 Å². The summed E-state index contributed by atoms with van der Waals surface area (Å²) >= 11 is 0. The van der Waals surface area contributed by atoms with Crippen molar-refractivity contribution in [1.82, 2.24) is 24.8 Å². The van der Waals surface area contributed by atoms with E-state index in [1.54, 1.807) is 6.07 Å². The van der Waals surface area contributed by atoms with E-state index in [9.17, 15) is 9.65 Å². The molecular weight excluding hydrogens is 525 g/mol. The minimum atomic E-state index is -0.420. The van der Waals surface area contributed by atoms with Crippen molar-refractivity contribution in [2.75, 3.05) is 93.3 Å².